The van der Waals surface area contributed by atoms with E-state index in [0.717, 1.165) is 34.0 Å². The minimum absolute atomic E-state index is 0.0625. The highest BCUT2D eigenvalue weighted by Gasteiger charge is 2.24. The van der Waals surface area contributed by atoms with Gasteiger partial charge in [-0.1, -0.05) is 22.9 Å². The van der Waals surface area contributed by atoms with Crippen molar-refractivity contribution in [3.63, 3.8) is 0 Å². The molecule has 1 aliphatic heterocycles. The monoisotopic (exact) mass is 267 g/mol. The third-order valence-electron chi connectivity index (χ3n) is 2.86. The molecule has 80 valence electrons. The topological polar surface area (TPSA) is 29.1 Å². The summed E-state index contributed by atoms with van der Waals surface area (Å²) in [6, 6.07) is 4.31. The lowest BCUT2D eigenvalue weighted by atomic mass is 9.93. The zero-order valence-corrected chi connectivity index (χ0v) is 10.5. The van der Waals surface area contributed by atoms with Crippen molar-refractivity contribution in [1.82, 2.24) is 5.32 Å². The summed E-state index contributed by atoms with van der Waals surface area (Å²) in [7, 11) is 0. The summed E-state index contributed by atoms with van der Waals surface area (Å²) >= 11 is 3.54. The quantitative estimate of drug-likeness (QED) is 0.833. The number of benzene rings is 1. The smallest absolute Gasteiger partial charge is 0.251 e. The molecule has 0 radical (unpaired) electrons. The molecule has 0 fully saturated rings. The van der Waals surface area contributed by atoms with E-state index in [-0.39, 0.29) is 11.9 Å². The van der Waals surface area contributed by atoms with Gasteiger partial charge in [0.05, 0.1) is 0 Å². The van der Waals surface area contributed by atoms with E-state index in [1.807, 2.05) is 13.0 Å². The molecule has 1 amide bonds. The van der Waals surface area contributed by atoms with Crippen LogP contribution in [-0.2, 0) is 6.42 Å². The first-order valence-corrected chi connectivity index (χ1v) is 6.01. The van der Waals surface area contributed by atoms with E-state index in [9.17, 15) is 4.79 Å². The molecular formula is C12H14BrNO. The minimum atomic E-state index is 0.0625. The van der Waals surface area contributed by atoms with Gasteiger partial charge in [0.15, 0.2) is 0 Å². The fraction of sp³-hybridized carbons (Fsp3) is 0.417. The molecule has 1 atom stereocenters. The van der Waals surface area contributed by atoms with Crippen molar-refractivity contribution in [2.45, 2.75) is 32.7 Å². The van der Waals surface area contributed by atoms with Crippen LogP contribution in [0.4, 0.5) is 0 Å². The Kier molecular flexibility index (Phi) is 2.83. The molecule has 3 heteroatoms. The van der Waals surface area contributed by atoms with Gasteiger partial charge in [-0.25, -0.2) is 0 Å². The van der Waals surface area contributed by atoms with Gasteiger partial charge < -0.3 is 5.32 Å². The molecule has 0 aromatic heterocycles. The summed E-state index contributed by atoms with van der Waals surface area (Å²) in [5.41, 5.74) is 3.09. The SMILES string of the molecule is CCC1Cc2c(Br)cc(C)cc2C(=O)N1. The third kappa shape index (κ3) is 1.93. The highest BCUT2D eigenvalue weighted by atomic mass is 79.9. The largest absolute Gasteiger partial charge is 0.349 e. The first-order valence-electron chi connectivity index (χ1n) is 5.21. The molecule has 1 heterocycles. The van der Waals surface area contributed by atoms with E-state index < -0.39 is 0 Å². The van der Waals surface area contributed by atoms with Crippen molar-refractivity contribution in [3.05, 3.63) is 33.3 Å². The van der Waals surface area contributed by atoms with Crippen molar-refractivity contribution in [2.24, 2.45) is 0 Å². The van der Waals surface area contributed by atoms with Crippen LogP contribution in [0.25, 0.3) is 0 Å². The van der Waals surface area contributed by atoms with E-state index in [1.165, 1.54) is 0 Å². The Morgan fingerprint density at radius 2 is 2.27 bits per heavy atom. The van der Waals surface area contributed by atoms with Crippen LogP contribution in [0.15, 0.2) is 16.6 Å². The average Bonchev–Trinajstić information content (AvgIpc) is 2.19. The second-order valence-electron chi connectivity index (χ2n) is 4.06. The molecule has 1 aliphatic rings. The van der Waals surface area contributed by atoms with Gasteiger partial charge in [0.25, 0.3) is 5.91 Å². The Hall–Kier alpha value is -0.830. The predicted octanol–water partition coefficient (Wildman–Crippen LogP) is 2.82. The summed E-state index contributed by atoms with van der Waals surface area (Å²) in [6.45, 7) is 4.10. The zero-order valence-electron chi connectivity index (χ0n) is 8.93. The number of carbonyl (C=O) groups is 1. The van der Waals surface area contributed by atoms with Gasteiger partial charge >= 0.3 is 0 Å². The van der Waals surface area contributed by atoms with E-state index in [1.54, 1.807) is 0 Å². The molecule has 0 spiro atoms. The van der Waals surface area contributed by atoms with Crippen LogP contribution in [0.3, 0.4) is 0 Å². The molecule has 0 saturated carbocycles. The highest BCUT2D eigenvalue weighted by Crippen LogP contribution is 2.27. The Bertz CT molecular complexity index is 414. The Labute approximate surface area is 98.2 Å². The minimum Gasteiger partial charge on any atom is -0.349 e. The second-order valence-corrected chi connectivity index (χ2v) is 4.91. The standard InChI is InChI=1S/C12H14BrNO/c1-3-8-6-9-10(12(15)14-8)4-7(2)5-11(9)13/h4-5,8H,3,6H2,1-2H3,(H,14,15). The number of amides is 1. The lowest BCUT2D eigenvalue weighted by Gasteiger charge is -2.25. The van der Waals surface area contributed by atoms with Gasteiger partial charge in [0.2, 0.25) is 0 Å². The molecule has 1 unspecified atom stereocenters. The van der Waals surface area contributed by atoms with Gasteiger partial charge in [-0.15, -0.1) is 0 Å². The van der Waals surface area contributed by atoms with Crippen LogP contribution in [0.5, 0.6) is 0 Å². The van der Waals surface area contributed by atoms with Crippen LogP contribution >= 0.6 is 15.9 Å². The van der Waals surface area contributed by atoms with Crippen molar-refractivity contribution in [3.8, 4) is 0 Å². The number of carbonyl (C=O) groups excluding carboxylic acids is 1. The Morgan fingerprint density at radius 1 is 1.53 bits per heavy atom. The van der Waals surface area contributed by atoms with Crippen LogP contribution < -0.4 is 5.32 Å². The van der Waals surface area contributed by atoms with E-state index in [2.05, 4.69) is 34.2 Å². The lowest BCUT2D eigenvalue weighted by Crippen LogP contribution is -2.41. The summed E-state index contributed by atoms with van der Waals surface area (Å²) in [6.07, 6.45) is 1.91. The molecule has 1 aromatic rings. The van der Waals surface area contributed by atoms with Crippen LogP contribution in [0.1, 0.15) is 34.8 Å². The molecule has 1 N–H and O–H groups in total. The summed E-state index contributed by atoms with van der Waals surface area (Å²) in [4.78, 5) is 11.8. The first-order chi connectivity index (χ1) is 7.11. The van der Waals surface area contributed by atoms with Gasteiger partial charge in [0.1, 0.15) is 0 Å². The maximum atomic E-state index is 11.8. The fourth-order valence-electron chi connectivity index (χ4n) is 1.99. The molecule has 0 aliphatic carbocycles. The van der Waals surface area contributed by atoms with Crippen LogP contribution in [0.2, 0.25) is 0 Å². The molecule has 2 nitrogen and oxygen atoms in total. The van der Waals surface area contributed by atoms with E-state index >= 15 is 0 Å². The van der Waals surface area contributed by atoms with Crippen molar-refractivity contribution in [2.75, 3.05) is 0 Å². The van der Waals surface area contributed by atoms with Gasteiger partial charge in [0, 0.05) is 16.1 Å². The van der Waals surface area contributed by atoms with Crippen LogP contribution in [0, 0.1) is 6.92 Å². The number of fused-ring (bicyclic) bond motifs is 1. The van der Waals surface area contributed by atoms with Crippen molar-refractivity contribution in [1.29, 1.82) is 0 Å². The third-order valence-corrected chi connectivity index (χ3v) is 3.57. The normalized spacial score (nSPS) is 19.7. The van der Waals surface area contributed by atoms with E-state index in [4.69, 9.17) is 0 Å². The van der Waals surface area contributed by atoms with E-state index in [0.29, 0.717) is 0 Å². The number of rotatable bonds is 1. The molecule has 0 saturated heterocycles. The molecular weight excluding hydrogens is 254 g/mol. The lowest BCUT2D eigenvalue weighted by molar-refractivity contribution is 0.0924. The van der Waals surface area contributed by atoms with Gasteiger partial charge in [-0.05, 0) is 43.0 Å². The number of halogens is 1. The maximum absolute atomic E-state index is 11.8. The fourth-order valence-corrected chi connectivity index (χ4v) is 2.73. The number of nitrogens with one attached hydrogen (secondary N) is 1. The molecule has 2 rings (SSSR count). The number of hydrogen-bond donors (Lipinski definition) is 1. The highest BCUT2D eigenvalue weighted by molar-refractivity contribution is 9.10. The summed E-state index contributed by atoms with van der Waals surface area (Å²) < 4.78 is 1.06. The Morgan fingerprint density at radius 3 is 2.93 bits per heavy atom. The van der Waals surface area contributed by atoms with Gasteiger partial charge in [-0.2, -0.15) is 0 Å². The molecule has 15 heavy (non-hydrogen) atoms. The second kappa shape index (κ2) is 3.97. The zero-order chi connectivity index (χ0) is 11.0. The number of aryl methyl sites for hydroxylation is 1. The van der Waals surface area contributed by atoms with Crippen LogP contribution in [-0.4, -0.2) is 11.9 Å². The predicted molar refractivity (Wildman–Crippen MR) is 64.1 cm³/mol. The molecule has 1 aromatic carbocycles. The summed E-state index contributed by atoms with van der Waals surface area (Å²) in [5, 5.41) is 3.02. The first kappa shape index (κ1) is 10.7. The summed E-state index contributed by atoms with van der Waals surface area (Å²) in [5.74, 6) is 0.0625. The number of hydrogen-bond acceptors (Lipinski definition) is 1. The average molecular weight is 268 g/mol. The Balaban J connectivity index is 2.50. The van der Waals surface area contributed by atoms with Gasteiger partial charge in [-0.3, -0.25) is 4.79 Å². The maximum Gasteiger partial charge on any atom is 0.251 e. The molecule has 0 bridgehead atoms. The van der Waals surface area contributed by atoms with Crippen molar-refractivity contribution >= 4 is 21.8 Å². The van der Waals surface area contributed by atoms with Crippen molar-refractivity contribution < 1.29 is 4.79 Å².